The van der Waals surface area contributed by atoms with Gasteiger partial charge in [-0.15, -0.1) is 11.6 Å². The predicted molar refractivity (Wildman–Crippen MR) is 207 cm³/mol. The van der Waals surface area contributed by atoms with Gasteiger partial charge in [0, 0.05) is 17.4 Å². The Bertz CT molecular complexity index is 1920. The first-order valence-corrected chi connectivity index (χ1v) is 22.7. The summed E-state index contributed by atoms with van der Waals surface area (Å²) in [5, 5.41) is 3.86. The fraction of sp³-hybridized carbons (Fsp3) is 0.474. The second kappa shape index (κ2) is 15.2. The van der Waals surface area contributed by atoms with Crippen molar-refractivity contribution < 1.29 is 19.1 Å². The van der Waals surface area contributed by atoms with E-state index in [2.05, 4.69) is 19.7 Å². The van der Waals surface area contributed by atoms with E-state index in [1.54, 1.807) is 4.90 Å². The monoisotopic (exact) mass is 796 g/mol. The average Bonchev–Trinajstić information content (AvgIpc) is 3.72. The van der Waals surface area contributed by atoms with Crippen molar-refractivity contribution >= 4 is 75.0 Å². The zero-order valence-corrected chi connectivity index (χ0v) is 32.5. The van der Waals surface area contributed by atoms with E-state index >= 15 is 0 Å². The number of ether oxygens (including phenoxy) is 2. The third kappa shape index (κ3) is 7.09. The molecule has 4 aromatic rings. The van der Waals surface area contributed by atoms with Crippen LogP contribution in [0.3, 0.4) is 0 Å². The van der Waals surface area contributed by atoms with Crippen LogP contribution >= 0.6 is 21.8 Å². The topological polar surface area (TPSA) is 84.6 Å². The van der Waals surface area contributed by atoms with Gasteiger partial charge in [-0.2, -0.15) is 0 Å². The minimum atomic E-state index is -0.309. The van der Waals surface area contributed by atoms with Crippen LogP contribution in [0.4, 0.5) is 10.5 Å². The number of carbonyl (C=O) groups excluding carboxylic acids is 2. The normalized spacial score (nSPS) is 22.3. The van der Waals surface area contributed by atoms with Crippen molar-refractivity contribution in [3.05, 3.63) is 65.9 Å². The average molecular weight is 796 g/mol. The number of benzene rings is 3. The Kier molecular flexibility index (Phi) is 10.4. The number of likely N-dealkylation sites (tertiary alicyclic amines) is 1. The number of fused-ring (bicyclic) bond motifs is 5. The molecule has 0 radical (unpaired) electrons. The van der Waals surface area contributed by atoms with Gasteiger partial charge in [0.05, 0.1) is 0 Å². The summed E-state index contributed by atoms with van der Waals surface area (Å²) in [6.07, 6.45) is 0.995. The first-order valence-electron chi connectivity index (χ1n) is 17.9. The second-order valence-corrected chi connectivity index (χ2v) is 19.0. The number of H-pyrrole nitrogens is 1. The number of nitrogens with zero attached hydrogens (tertiary/aromatic N) is 5. The predicted octanol–water partition coefficient (Wildman–Crippen LogP) is 5.59. The zero-order chi connectivity index (χ0) is 35.1. The van der Waals surface area contributed by atoms with E-state index in [9.17, 15) is 9.59 Å². The maximum Gasteiger partial charge on any atom is 0.00387 e. The number of nitrogens with one attached hydrogen (secondary N) is 1. The second-order valence-electron chi connectivity index (χ2n) is 14.2. The maximum atomic E-state index is 14.3. The quantitative estimate of drug-likeness (QED) is 0.165. The van der Waals surface area contributed by atoms with Crippen LogP contribution in [-0.2, 0) is 0 Å². The van der Waals surface area contributed by atoms with Crippen molar-refractivity contribution in [3.8, 4) is 11.5 Å². The summed E-state index contributed by atoms with van der Waals surface area (Å²) >= 11 is 7.12. The molecule has 1 aromatic heterocycles. The van der Waals surface area contributed by atoms with Gasteiger partial charge in [-0.05, 0) is 38.4 Å². The molecule has 10 nitrogen and oxygen atoms in total. The van der Waals surface area contributed by atoms with E-state index in [4.69, 9.17) is 21.1 Å². The van der Waals surface area contributed by atoms with Crippen LogP contribution in [0.25, 0.3) is 21.7 Å². The standard InChI is InChI=1S/C38H45ClN6O4SSe/c1-41(2)16-17-48-27-8-9-30-25(18-27)19-31(40-30)37(46)45-22-26(21-39)36-29-7-4-3-6-28(29)35(20-32(36)45)49-38(47)44-15-14-43(13-12-42-10-5-11-42)34-24-51-50-23-33(34)44/h3-4,6-9,18-20,26,33-34,40H,5,10-17,21-24H2,1-2H3/t26-,33-,34+/m1/s1. The first-order chi connectivity index (χ1) is 24.9. The number of carbonyl (C=O) groups is 2. The molecule has 0 spiro atoms. The van der Waals surface area contributed by atoms with Gasteiger partial charge in [0.1, 0.15) is 12.4 Å². The number of amides is 2. The summed E-state index contributed by atoms with van der Waals surface area (Å²) in [4.78, 5) is 42.7. The summed E-state index contributed by atoms with van der Waals surface area (Å²) in [6, 6.07) is 18.1. The number of hydrogen-bond donors (Lipinski definition) is 1. The van der Waals surface area contributed by atoms with Crippen LogP contribution in [0.1, 0.15) is 28.4 Å². The molecule has 4 aliphatic rings. The minimum absolute atomic E-state index is 0.0624. The molecule has 3 atom stereocenters. The van der Waals surface area contributed by atoms with Crippen LogP contribution in [0.15, 0.2) is 54.6 Å². The van der Waals surface area contributed by atoms with Gasteiger partial charge >= 0.3 is 221 Å². The van der Waals surface area contributed by atoms with Crippen molar-refractivity contribution in [1.29, 1.82) is 0 Å². The van der Waals surface area contributed by atoms with Crippen LogP contribution in [-0.4, -0.2) is 147 Å². The van der Waals surface area contributed by atoms with Crippen molar-refractivity contribution in [1.82, 2.24) is 24.6 Å². The van der Waals surface area contributed by atoms with Crippen molar-refractivity contribution in [3.63, 3.8) is 0 Å². The smallest absolute Gasteiger partial charge is 0.00387 e. The summed E-state index contributed by atoms with van der Waals surface area (Å²) in [6.45, 7) is 7.94. The molecule has 0 aliphatic carbocycles. The number of halogens is 1. The molecular formula is C38H45ClN6O4SSe. The Morgan fingerprint density at radius 3 is 2.65 bits per heavy atom. The molecule has 51 heavy (non-hydrogen) atoms. The van der Waals surface area contributed by atoms with E-state index in [0.717, 1.165) is 75.9 Å². The van der Waals surface area contributed by atoms with Gasteiger partial charge in [-0.1, -0.05) is 0 Å². The molecule has 0 saturated carbocycles. The van der Waals surface area contributed by atoms with Crippen LogP contribution in [0.5, 0.6) is 11.5 Å². The van der Waals surface area contributed by atoms with Gasteiger partial charge in [0.15, 0.2) is 0 Å². The van der Waals surface area contributed by atoms with Crippen LogP contribution in [0, 0.1) is 0 Å². The van der Waals surface area contributed by atoms with Gasteiger partial charge in [-0.3, -0.25) is 0 Å². The third-order valence-electron chi connectivity index (χ3n) is 10.8. The van der Waals surface area contributed by atoms with Gasteiger partial charge in [0.25, 0.3) is 0 Å². The minimum Gasteiger partial charge on any atom is -0.0234 e. The summed E-state index contributed by atoms with van der Waals surface area (Å²) in [5.41, 5.74) is 3.10. The molecule has 4 aliphatic heterocycles. The molecule has 2 amide bonds. The van der Waals surface area contributed by atoms with E-state index in [-0.39, 0.29) is 24.0 Å². The number of piperazine rings is 1. The number of aromatic amines is 1. The van der Waals surface area contributed by atoms with E-state index in [1.807, 2.05) is 83.8 Å². The molecule has 270 valence electrons. The third-order valence-corrected chi connectivity index (χ3v) is 15.4. The number of rotatable bonds is 10. The number of aromatic nitrogens is 1. The number of likely N-dealkylation sites (N-methyl/N-ethyl adjacent to an activating group) is 1. The Morgan fingerprint density at radius 2 is 1.86 bits per heavy atom. The number of alkyl halides is 1. The van der Waals surface area contributed by atoms with Crippen molar-refractivity contribution in [2.75, 3.05) is 89.6 Å². The Hall–Kier alpha value is -2.96. The van der Waals surface area contributed by atoms with E-state index in [0.29, 0.717) is 56.9 Å². The molecule has 13 heteroatoms. The van der Waals surface area contributed by atoms with E-state index < -0.39 is 0 Å². The largest absolute Gasteiger partial charge is 0.0234 e. The fourth-order valence-corrected chi connectivity index (χ4v) is 12.8. The number of hydrogen-bond acceptors (Lipinski definition) is 8. The summed E-state index contributed by atoms with van der Waals surface area (Å²) in [5.74, 6) is 2.33. The van der Waals surface area contributed by atoms with E-state index in [1.165, 1.54) is 19.5 Å². The molecule has 0 unspecified atom stereocenters. The zero-order valence-electron chi connectivity index (χ0n) is 29.2. The number of anilines is 1. The first kappa shape index (κ1) is 35.1. The van der Waals surface area contributed by atoms with Gasteiger partial charge in [-0.25, -0.2) is 0 Å². The van der Waals surface area contributed by atoms with Gasteiger partial charge < -0.3 is 14.6 Å². The molecule has 8 rings (SSSR count). The maximum absolute atomic E-state index is 14.3. The van der Waals surface area contributed by atoms with Crippen LogP contribution in [0.2, 0.25) is 5.32 Å². The molecule has 5 heterocycles. The van der Waals surface area contributed by atoms with Crippen LogP contribution < -0.4 is 14.4 Å². The molecule has 0 bridgehead atoms. The molecule has 3 aromatic carbocycles. The molecule has 3 saturated heterocycles. The molecular weight excluding hydrogens is 751 g/mol. The Balaban J connectivity index is 1.06. The summed E-state index contributed by atoms with van der Waals surface area (Å²) < 4.78 is 12.3. The Morgan fingerprint density at radius 1 is 1.02 bits per heavy atom. The van der Waals surface area contributed by atoms with Crippen molar-refractivity contribution in [2.24, 2.45) is 0 Å². The Labute approximate surface area is 313 Å². The van der Waals surface area contributed by atoms with Gasteiger partial charge in [0.2, 0.25) is 0 Å². The summed E-state index contributed by atoms with van der Waals surface area (Å²) in [7, 11) is 6.02. The molecule has 3 fully saturated rings. The van der Waals surface area contributed by atoms with Crippen molar-refractivity contribution in [2.45, 2.75) is 29.7 Å². The molecule has 1 N–H and O–H groups in total. The fourth-order valence-electron chi connectivity index (χ4n) is 7.83. The SMILES string of the molecule is CN(C)CCOc1ccc2[nH]c(C(=O)N3C[C@@H](CCl)c4c3cc(OC(=O)N3CCN(CCN5CCC5)[C@H]5C[Se]SC[C@H]53)c3ccccc43)cc2c1.